The minimum atomic E-state index is -3.61. The van der Waals surface area contributed by atoms with Crippen molar-refractivity contribution >= 4 is 29.1 Å². The molecule has 0 radical (unpaired) electrons. The van der Waals surface area contributed by atoms with E-state index in [9.17, 15) is 8.42 Å². The van der Waals surface area contributed by atoms with Gasteiger partial charge in [0.05, 0.1) is 16.3 Å². The van der Waals surface area contributed by atoms with Crippen molar-refractivity contribution in [1.29, 1.82) is 0 Å². The lowest BCUT2D eigenvalue weighted by molar-refractivity contribution is 0.397. The predicted molar refractivity (Wildman–Crippen MR) is 119 cm³/mol. The first-order valence-corrected chi connectivity index (χ1v) is 14.7. The van der Waals surface area contributed by atoms with Gasteiger partial charge in [-0.05, 0) is 57.6 Å². The Bertz CT molecular complexity index is 964. The summed E-state index contributed by atoms with van der Waals surface area (Å²) in [7, 11) is -1.40. The van der Waals surface area contributed by atoms with E-state index in [4.69, 9.17) is 4.98 Å². The zero-order chi connectivity index (χ0) is 20.7. The van der Waals surface area contributed by atoms with Crippen LogP contribution in [0.4, 0.5) is 5.69 Å². The Morgan fingerprint density at radius 1 is 1.14 bits per heavy atom. The number of benzene rings is 1. The molecule has 1 aliphatic heterocycles. The van der Waals surface area contributed by atoms with Gasteiger partial charge in [0.15, 0.2) is 0 Å². The Morgan fingerprint density at radius 2 is 1.79 bits per heavy atom. The lowest BCUT2D eigenvalue weighted by Gasteiger charge is -2.35. The molecule has 1 aliphatic rings. The van der Waals surface area contributed by atoms with Crippen LogP contribution in [0.25, 0.3) is 0 Å². The highest BCUT2D eigenvalue weighted by atomic mass is 32.2. The average molecular weight is 418 g/mol. The number of nitrogens with zero attached hydrogens (tertiary/aromatic N) is 3. The van der Waals surface area contributed by atoms with Crippen LogP contribution in [0.5, 0.6) is 0 Å². The molecule has 0 N–H and O–H groups in total. The molecule has 7 heteroatoms. The fraction of sp³-hybridized carbons (Fsp3) is 0.476. The van der Waals surface area contributed by atoms with Crippen LogP contribution in [0, 0.1) is 6.92 Å². The number of rotatable bonds is 5. The van der Waals surface area contributed by atoms with Crippen molar-refractivity contribution in [2.24, 2.45) is 0 Å². The average Bonchev–Trinajstić information content (AvgIpc) is 2.59. The monoisotopic (exact) mass is 417 g/mol. The van der Waals surface area contributed by atoms with E-state index < -0.39 is 18.1 Å². The largest absolute Gasteiger partial charge is 0.304 e. The van der Waals surface area contributed by atoms with E-state index >= 15 is 0 Å². The SMILES string of the molecule is Cc1ccc(S(=O)(=O)N2CCCc3cc(CN(C)C)nc([Si](C)(C)C)c32)cc1. The maximum atomic E-state index is 13.5. The molecule has 0 saturated heterocycles. The topological polar surface area (TPSA) is 53.5 Å². The van der Waals surface area contributed by atoms with Gasteiger partial charge in [0.2, 0.25) is 0 Å². The maximum Gasteiger partial charge on any atom is 0.264 e. The van der Waals surface area contributed by atoms with Gasteiger partial charge >= 0.3 is 0 Å². The van der Waals surface area contributed by atoms with Gasteiger partial charge in [-0.15, -0.1) is 0 Å². The van der Waals surface area contributed by atoms with Crippen LogP contribution in [0.3, 0.4) is 0 Å². The summed E-state index contributed by atoms with van der Waals surface area (Å²) in [5.74, 6) is 0. The van der Waals surface area contributed by atoms with Crippen LogP contribution >= 0.6 is 0 Å². The molecular formula is C21H31N3O2SSi. The molecule has 2 heterocycles. The first-order chi connectivity index (χ1) is 13.0. The van der Waals surface area contributed by atoms with Crippen LogP contribution in [0.15, 0.2) is 35.2 Å². The van der Waals surface area contributed by atoms with Gasteiger partial charge in [0, 0.05) is 18.4 Å². The first kappa shape index (κ1) is 21.0. The highest BCUT2D eigenvalue weighted by Gasteiger charge is 2.35. The normalized spacial score (nSPS) is 15.0. The molecule has 152 valence electrons. The van der Waals surface area contributed by atoms with Crippen LogP contribution in [-0.2, 0) is 23.0 Å². The molecule has 0 amide bonds. The summed E-state index contributed by atoms with van der Waals surface area (Å²) in [6.45, 7) is 9.94. The second-order valence-corrected chi connectivity index (χ2v) is 15.8. The lowest BCUT2D eigenvalue weighted by atomic mass is 10.0. The van der Waals surface area contributed by atoms with Crippen LogP contribution in [0.1, 0.15) is 23.2 Å². The van der Waals surface area contributed by atoms with Gasteiger partial charge in [0.1, 0.15) is 8.07 Å². The number of sulfonamides is 1. The molecule has 0 unspecified atom stereocenters. The summed E-state index contributed by atoms with van der Waals surface area (Å²) in [6, 6.07) is 9.24. The van der Waals surface area contributed by atoms with E-state index in [1.165, 1.54) is 0 Å². The molecule has 28 heavy (non-hydrogen) atoms. The van der Waals surface area contributed by atoms with Gasteiger partial charge in [-0.1, -0.05) is 37.3 Å². The molecule has 0 aliphatic carbocycles. The Hall–Kier alpha value is -1.70. The zero-order valence-electron chi connectivity index (χ0n) is 17.8. The van der Waals surface area contributed by atoms with Gasteiger partial charge in [-0.2, -0.15) is 0 Å². The molecule has 0 saturated carbocycles. The second kappa shape index (κ2) is 7.61. The number of aryl methyl sites for hydroxylation is 2. The van der Waals surface area contributed by atoms with E-state index in [1.54, 1.807) is 16.4 Å². The number of pyridine rings is 1. The summed E-state index contributed by atoms with van der Waals surface area (Å²) in [6.07, 6.45) is 1.73. The van der Waals surface area contributed by atoms with Crippen molar-refractivity contribution in [1.82, 2.24) is 9.88 Å². The smallest absolute Gasteiger partial charge is 0.264 e. The van der Waals surface area contributed by atoms with Crippen LogP contribution in [0.2, 0.25) is 19.6 Å². The predicted octanol–water partition coefficient (Wildman–Crippen LogP) is 3.14. The summed E-state index contributed by atoms with van der Waals surface area (Å²) >= 11 is 0. The van der Waals surface area contributed by atoms with Crippen molar-refractivity contribution < 1.29 is 8.42 Å². The summed E-state index contributed by atoms with van der Waals surface area (Å²) in [5.41, 5.74) is 4.03. The summed E-state index contributed by atoms with van der Waals surface area (Å²) in [4.78, 5) is 7.44. The second-order valence-electron chi connectivity index (χ2n) is 8.95. The fourth-order valence-corrected chi connectivity index (χ4v) is 6.76. The molecule has 0 bridgehead atoms. The van der Waals surface area contributed by atoms with Gasteiger partial charge in [-0.3, -0.25) is 9.29 Å². The van der Waals surface area contributed by atoms with E-state index in [2.05, 4.69) is 30.6 Å². The summed E-state index contributed by atoms with van der Waals surface area (Å²) < 4.78 is 28.6. The Labute approximate surface area is 170 Å². The number of anilines is 1. The Balaban J connectivity index is 2.18. The minimum Gasteiger partial charge on any atom is -0.304 e. The molecule has 0 spiro atoms. The molecule has 3 rings (SSSR count). The zero-order valence-corrected chi connectivity index (χ0v) is 19.6. The highest BCUT2D eigenvalue weighted by molar-refractivity contribution is 7.92. The summed E-state index contributed by atoms with van der Waals surface area (Å²) in [5, 5.41) is 0.997. The van der Waals surface area contributed by atoms with Gasteiger partial charge < -0.3 is 4.90 Å². The molecule has 5 nitrogen and oxygen atoms in total. The molecular weight excluding hydrogens is 386 g/mol. The molecule has 0 atom stereocenters. The number of fused-ring (bicyclic) bond motifs is 1. The third kappa shape index (κ3) is 4.16. The van der Waals surface area contributed by atoms with Crippen molar-refractivity contribution in [2.45, 2.75) is 50.8 Å². The Kier molecular flexibility index (Phi) is 5.71. The first-order valence-electron chi connectivity index (χ1n) is 9.77. The molecule has 1 aromatic carbocycles. The van der Waals surface area contributed by atoms with E-state index in [0.717, 1.165) is 47.2 Å². The minimum absolute atomic E-state index is 0.352. The third-order valence-corrected chi connectivity index (χ3v) is 8.56. The van der Waals surface area contributed by atoms with Crippen molar-refractivity contribution in [3.8, 4) is 0 Å². The quantitative estimate of drug-likeness (QED) is 0.702. The lowest BCUT2D eigenvalue weighted by Crippen LogP contribution is -2.48. The highest BCUT2D eigenvalue weighted by Crippen LogP contribution is 2.32. The van der Waals surface area contributed by atoms with Crippen molar-refractivity contribution in [3.05, 3.63) is 47.2 Å². The van der Waals surface area contributed by atoms with E-state index in [0.29, 0.717) is 11.4 Å². The van der Waals surface area contributed by atoms with Crippen LogP contribution in [-0.4, -0.2) is 47.0 Å². The maximum absolute atomic E-state index is 13.5. The van der Waals surface area contributed by atoms with Crippen molar-refractivity contribution in [2.75, 3.05) is 24.9 Å². The number of hydrogen-bond donors (Lipinski definition) is 0. The molecule has 1 aromatic heterocycles. The van der Waals surface area contributed by atoms with Gasteiger partial charge in [0.25, 0.3) is 10.0 Å². The fourth-order valence-electron chi connectivity index (χ4n) is 3.65. The third-order valence-electron chi connectivity index (χ3n) is 4.98. The van der Waals surface area contributed by atoms with Gasteiger partial charge in [-0.25, -0.2) is 8.42 Å². The molecule has 0 fully saturated rings. The standard InChI is InChI=1S/C21H31N3O2SSi/c1-16-9-11-19(12-10-16)27(25,26)24-13-7-8-17-14-18(15-23(2)3)22-21(20(17)24)28(4,5)6/h9-12,14H,7-8,13,15H2,1-6H3. The Morgan fingerprint density at radius 3 is 2.36 bits per heavy atom. The van der Waals surface area contributed by atoms with Crippen molar-refractivity contribution in [3.63, 3.8) is 0 Å². The number of hydrogen-bond acceptors (Lipinski definition) is 4. The van der Waals surface area contributed by atoms with Crippen LogP contribution < -0.4 is 9.62 Å². The van der Waals surface area contributed by atoms with E-state index in [-0.39, 0.29) is 0 Å². The molecule has 2 aromatic rings. The van der Waals surface area contributed by atoms with E-state index in [1.807, 2.05) is 33.2 Å². The number of aromatic nitrogens is 1.